The number of nitrogens with one attached hydrogen (secondary N) is 1. The van der Waals surface area contributed by atoms with Crippen molar-refractivity contribution in [3.8, 4) is 0 Å². The second kappa shape index (κ2) is 5.86. The Balaban J connectivity index is 2.14. The van der Waals surface area contributed by atoms with Crippen molar-refractivity contribution in [3.63, 3.8) is 0 Å². The lowest BCUT2D eigenvalue weighted by atomic mass is 9.89. The van der Waals surface area contributed by atoms with E-state index in [-0.39, 0.29) is 0 Å². The van der Waals surface area contributed by atoms with Crippen molar-refractivity contribution in [2.75, 3.05) is 13.2 Å². The molecule has 2 heteroatoms. The predicted molar refractivity (Wildman–Crippen MR) is 65.1 cm³/mol. The van der Waals surface area contributed by atoms with Gasteiger partial charge in [0.05, 0.1) is 0 Å². The van der Waals surface area contributed by atoms with Gasteiger partial charge in [-0.05, 0) is 38.0 Å². The van der Waals surface area contributed by atoms with Gasteiger partial charge in [0.1, 0.15) is 0 Å². The molecule has 0 aromatic heterocycles. The molecule has 1 rings (SSSR count). The molecule has 0 saturated carbocycles. The van der Waals surface area contributed by atoms with E-state index in [0.29, 0.717) is 17.5 Å². The normalized spacial score (nSPS) is 21.6. The van der Waals surface area contributed by atoms with Gasteiger partial charge in [0, 0.05) is 25.3 Å². The molecule has 1 saturated heterocycles. The van der Waals surface area contributed by atoms with Gasteiger partial charge >= 0.3 is 0 Å². The zero-order chi connectivity index (χ0) is 11.3. The third-order valence-electron chi connectivity index (χ3n) is 3.07. The number of rotatable bonds is 4. The second-order valence-corrected chi connectivity index (χ2v) is 6.05. The molecule has 1 aliphatic heterocycles. The molecule has 1 atom stereocenters. The van der Waals surface area contributed by atoms with Crippen LogP contribution in [-0.4, -0.2) is 25.3 Å². The molecule has 0 aromatic rings. The summed E-state index contributed by atoms with van der Waals surface area (Å²) in [4.78, 5) is 0. The minimum absolute atomic E-state index is 0.464. The van der Waals surface area contributed by atoms with Crippen molar-refractivity contribution in [2.24, 2.45) is 5.41 Å². The van der Waals surface area contributed by atoms with Crippen LogP contribution in [0.5, 0.6) is 0 Å². The van der Waals surface area contributed by atoms with Crippen LogP contribution in [0.1, 0.15) is 53.4 Å². The Morgan fingerprint density at radius 2 is 1.87 bits per heavy atom. The van der Waals surface area contributed by atoms with E-state index in [1.165, 1.54) is 25.7 Å². The predicted octanol–water partition coefficient (Wildman–Crippen LogP) is 2.97. The number of ether oxygens (including phenoxy) is 1. The van der Waals surface area contributed by atoms with Crippen LogP contribution >= 0.6 is 0 Å². The van der Waals surface area contributed by atoms with E-state index in [4.69, 9.17) is 4.74 Å². The maximum atomic E-state index is 5.36. The van der Waals surface area contributed by atoms with Crippen molar-refractivity contribution in [2.45, 2.75) is 65.5 Å². The summed E-state index contributed by atoms with van der Waals surface area (Å²) < 4.78 is 5.36. The molecule has 0 bridgehead atoms. The second-order valence-electron chi connectivity index (χ2n) is 6.05. The van der Waals surface area contributed by atoms with E-state index in [2.05, 4.69) is 33.0 Å². The highest BCUT2D eigenvalue weighted by atomic mass is 16.5. The summed E-state index contributed by atoms with van der Waals surface area (Å²) in [5.74, 6) is 0. The van der Waals surface area contributed by atoms with Gasteiger partial charge in [-0.3, -0.25) is 0 Å². The van der Waals surface area contributed by atoms with Crippen LogP contribution in [0.15, 0.2) is 0 Å². The Morgan fingerprint density at radius 3 is 2.40 bits per heavy atom. The maximum absolute atomic E-state index is 5.36. The molecule has 1 unspecified atom stereocenters. The molecule has 0 aromatic carbocycles. The van der Waals surface area contributed by atoms with Gasteiger partial charge in [-0.2, -0.15) is 0 Å². The maximum Gasteiger partial charge on any atom is 0.0480 e. The van der Waals surface area contributed by atoms with Gasteiger partial charge in [0.15, 0.2) is 0 Å². The van der Waals surface area contributed by atoms with Gasteiger partial charge in [-0.1, -0.05) is 20.8 Å². The van der Waals surface area contributed by atoms with Gasteiger partial charge in [0.2, 0.25) is 0 Å². The molecule has 1 N–H and O–H groups in total. The highest BCUT2D eigenvalue weighted by Gasteiger charge is 2.17. The molecule has 1 fully saturated rings. The van der Waals surface area contributed by atoms with Crippen molar-refractivity contribution < 1.29 is 4.74 Å². The van der Waals surface area contributed by atoms with E-state index in [1.54, 1.807) is 0 Å². The van der Waals surface area contributed by atoms with Crippen LogP contribution in [0.25, 0.3) is 0 Å². The monoisotopic (exact) mass is 213 g/mol. The summed E-state index contributed by atoms with van der Waals surface area (Å²) in [6.45, 7) is 11.1. The molecule has 0 amide bonds. The molecule has 0 spiro atoms. The summed E-state index contributed by atoms with van der Waals surface area (Å²) in [6.07, 6.45) is 4.94. The van der Waals surface area contributed by atoms with Gasteiger partial charge in [-0.25, -0.2) is 0 Å². The molecule has 1 aliphatic rings. The lowest BCUT2D eigenvalue weighted by Crippen LogP contribution is -2.40. The zero-order valence-electron chi connectivity index (χ0n) is 10.8. The minimum Gasteiger partial charge on any atom is -0.381 e. The first-order valence-electron chi connectivity index (χ1n) is 6.31. The zero-order valence-corrected chi connectivity index (χ0v) is 10.8. The molecular formula is C13H27NO. The van der Waals surface area contributed by atoms with E-state index in [1.807, 2.05) is 0 Å². The summed E-state index contributed by atoms with van der Waals surface area (Å²) in [6, 6.07) is 1.33. The molecule has 1 heterocycles. The van der Waals surface area contributed by atoms with Gasteiger partial charge in [-0.15, -0.1) is 0 Å². The van der Waals surface area contributed by atoms with Crippen molar-refractivity contribution in [1.29, 1.82) is 0 Å². The SMILES string of the molecule is CC(CCC(C)(C)C)NC1CCOCC1. The first-order valence-corrected chi connectivity index (χ1v) is 6.31. The fourth-order valence-corrected chi connectivity index (χ4v) is 2.00. The molecular weight excluding hydrogens is 186 g/mol. The van der Waals surface area contributed by atoms with Crippen LogP contribution < -0.4 is 5.32 Å². The van der Waals surface area contributed by atoms with Gasteiger partial charge < -0.3 is 10.1 Å². The number of hydrogen-bond acceptors (Lipinski definition) is 2. The van der Waals surface area contributed by atoms with Crippen LogP contribution in [0.3, 0.4) is 0 Å². The molecule has 0 aliphatic carbocycles. The Morgan fingerprint density at radius 1 is 1.27 bits per heavy atom. The summed E-state index contributed by atoms with van der Waals surface area (Å²) >= 11 is 0. The molecule has 2 nitrogen and oxygen atoms in total. The first-order chi connectivity index (χ1) is 6.97. The summed E-state index contributed by atoms with van der Waals surface area (Å²) in [5.41, 5.74) is 0.464. The topological polar surface area (TPSA) is 21.3 Å². The largest absolute Gasteiger partial charge is 0.381 e. The van der Waals surface area contributed by atoms with Crippen molar-refractivity contribution >= 4 is 0 Å². The third-order valence-corrected chi connectivity index (χ3v) is 3.07. The summed E-state index contributed by atoms with van der Waals surface area (Å²) in [5, 5.41) is 3.71. The van der Waals surface area contributed by atoms with Crippen molar-refractivity contribution in [3.05, 3.63) is 0 Å². The van der Waals surface area contributed by atoms with E-state index in [0.717, 1.165) is 13.2 Å². The Labute approximate surface area is 94.8 Å². The number of hydrogen-bond donors (Lipinski definition) is 1. The molecule has 0 radical (unpaired) electrons. The van der Waals surface area contributed by atoms with Crippen molar-refractivity contribution in [1.82, 2.24) is 5.32 Å². The molecule has 15 heavy (non-hydrogen) atoms. The summed E-state index contributed by atoms with van der Waals surface area (Å²) in [7, 11) is 0. The smallest absolute Gasteiger partial charge is 0.0480 e. The first kappa shape index (κ1) is 13.0. The average Bonchev–Trinajstić information content (AvgIpc) is 2.15. The van der Waals surface area contributed by atoms with Gasteiger partial charge in [0.25, 0.3) is 0 Å². The Kier molecular flexibility index (Phi) is 5.07. The quantitative estimate of drug-likeness (QED) is 0.775. The van der Waals surface area contributed by atoms with Crippen LogP contribution in [0, 0.1) is 5.41 Å². The fourth-order valence-electron chi connectivity index (χ4n) is 2.00. The van der Waals surface area contributed by atoms with E-state index >= 15 is 0 Å². The highest BCUT2D eigenvalue weighted by Crippen LogP contribution is 2.21. The van der Waals surface area contributed by atoms with E-state index in [9.17, 15) is 0 Å². The minimum atomic E-state index is 0.464. The van der Waals surface area contributed by atoms with Crippen LogP contribution in [0.4, 0.5) is 0 Å². The fraction of sp³-hybridized carbons (Fsp3) is 1.00. The lowest BCUT2D eigenvalue weighted by molar-refractivity contribution is 0.0747. The third kappa shape index (κ3) is 6.16. The molecule has 90 valence electrons. The van der Waals surface area contributed by atoms with Crippen LogP contribution in [-0.2, 0) is 4.74 Å². The van der Waals surface area contributed by atoms with Crippen LogP contribution in [0.2, 0.25) is 0 Å². The Hall–Kier alpha value is -0.0800. The average molecular weight is 213 g/mol. The Bertz CT molecular complexity index is 168. The standard InChI is InChI=1S/C13H27NO/c1-11(5-8-13(2,3)4)14-12-6-9-15-10-7-12/h11-12,14H,5-10H2,1-4H3. The highest BCUT2D eigenvalue weighted by molar-refractivity contribution is 4.75. The lowest BCUT2D eigenvalue weighted by Gasteiger charge is -2.28. The van der Waals surface area contributed by atoms with E-state index < -0.39 is 0 Å².